The van der Waals surface area contributed by atoms with Gasteiger partial charge in [0.2, 0.25) is 0 Å². The van der Waals surface area contributed by atoms with Crippen molar-refractivity contribution < 1.29 is 14.3 Å². The molecular weight excluding hydrogens is 132 g/mol. The van der Waals surface area contributed by atoms with Crippen LogP contribution in [0.2, 0.25) is 0 Å². The van der Waals surface area contributed by atoms with Crippen molar-refractivity contribution in [2.75, 3.05) is 0 Å². The SMILES string of the molecule is C=C(C)C1CC(=O)OC1=O. The molecule has 1 fully saturated rings. The zero-order valence-electron chi connectivity index (χ0n) is 5.72. The Morgan fingerprint density at radius 2 is 2.30 bits per heavy atom. The molecule has 1 heterocycles. The molecule has 1 unspecified atom stereocenters. The maximum absolute atomic E-state index is 10.7. The fourth-order valence-corrected chi connectivity index (χ4v) is 0.850. The molecule has 3 heteroatoms. The van der Waals surface area contributed by atoms with Gasteiger partial charge in [0, 0.05) is 0 Å². The molecule has 0 aromatic rings. The molecule has 1 aliphatic rings. The third kappa shape index (κ3) is 1.07. The summed E-state index contributed by atoms with van der Waals surface area (Å²) in [5, 5.41) is 0. The van der Waals surface area contributed by atoms with E-state index in [1.54, 1.807) is 6.92 Å². The van der Waals surface area contributed by atoms with E-state index in [0.29, 0.717) is 5.57 Å². The fourth-order valence-electron chi connectivity index (χ4n) is 0.850. The van der Waals surface area contributed by atoms with Crippen LogP contribution in [0.15, 0.2) is 12.2 Å². The van der Waals surface area contributed by atoms with Crippen LogP contribution in [0, 0.1) is 5.92 Å². The lowest BCUT2D eigenvalue weighted by Crippen LogP contribution is -2.07. The van der Waals surface area contributed by atoms with E-state index in [0.717, 1.165) is 0 Å². The van der Waals surface area contributed by atoms with Gasteiger partial charge in [0.15, 0.2) is 0 Å². The van der Waals surface area contributed by atoms with Crippen LogP contribution in [0.1, 0.15) is 13.3 Å². The zero-order chi connectivity index (χ0) is 7.72. The Kier molecular flexibility index (Phi) is 1.57. The average molecular weight is 140 g/mol. The lowest BCUT2D eigenvalue weighted by Gasteiger charge is -1.99. The summed E-state index contributed by atoms with van der Waals surface area (Å²) >= 11 is 0. The molecular formula is C7H8O3. The predicted molar refractivity (Wildman–Crippen MR) is 34.0 cm³/mol. The summed E-state index contributed by atoms with van der Waals surface area (Å²) in [6.07, 6.45) is 0.161. The molecule has 0 bridgehead atoms. The first-order chi connectivity index (χ1) is 4.61. The minimum atomic E-state index is -0.461. The largest absolute Gasteiger partial charge is 0.393 e. The summed E-state index contributed by atoms with van der Waals surface area (Å²) in [6.45, 7) is 5.28. The molecule has 1 saturated heterocycles. The van der Waals surface area contributed by atoms with Crippen molar-refractivity contribution in [1.29, 1.82) is 0 Å². The molecule has 0 aromatic heterocycles. The monoisotopic (exact) mass is 140 g/mol. The molecule has 1 rings (SSSR count). The van der Waals surface area contributed by atoms with Crippen LogP contribution in [0.3, 0.4) is 0 Å². The Bertz CT molecular complexity index is 205. The molecule has 1 atom stereocenters. The highest BCUT2D eigenvalue weighted by Gasteiger charge is 2.33. The van der Waals surface area contributed by atoms with E-state index in [-0.39, 0.29) is 6.42 Å². The van der Waals surface area contributed by atoms with Gasteiger partial charge in [-0.05, 0) is 6.92 Å². The molecule has 54 valence electrons. The third-order valence-electron chi connectivity index (χ3n) is 1.46. The van der Waals surface area contributed by atoms with Gasteiger partial charge in [0.25, 0.3) is 0 Å². The second-order valence-electron chi connectivity index (χ2n) is 2.40. The Labute approximate surface area is 58.7 Å². The normalized spacial score (nSPS) is 24.7. The van der Waals surface area contributed by atoms with Gasteiger partial charge in [-0.25, -0.2) is 0 Å². The minimum Gasteiger partial charge on any atom is -0.393 e. The summed E-state index contributed by atoms with van der Waals surface area (Å²) in [5.74, 6) is -1.30. The Morgan fingerprint density at radius 3 is 2.50 bits per heavy atom. The van der Waals surface area contributed by atoms with E-state index >= 15 is 0 Å². The first-order valence-corrected chi connectivity index (χ1v) is 3.01. The number of hydrogen-bond acceptors (Lipinski definition) is 3. The highest BCUT2D eigenvalue weighted by Crippen LogP contribution is 2.21. The van der Waals surface area contributed by atoms with E-state index < -0.39 is 17.9 Å². The number of hydrogen-bond donors (Lipinski definition) is 0. The lowest BCUT2D eigenvalue weighted by molar-refractivity contribution is -0.152. The van der Waals surface area contributed by atoms with Crippen molar-refractivity contribution in [2.45, 2.75) is 13.3 Å². The van der Waals surface area contributed by atoms with Gasteiger partial charge < -0.3 is 4.74 Å². The number of esters is 2. The van der Waals surface area contributed by atoms with Crippen LogP contribution in [-0.4, -0.2) is 11.9 Å². The highest BCUT2D eigenvalue weighted by atomic mass is 16.6. The maximum Gasteiger partial charge on any atom is 0.321 e. The van der Waals surface area contributed by atoms with E-state index in [1.165, 1.54) is 0 Å². The first-order valence-electron chi connectivity index (χ1n) is 3.01. The van der Waals surface area contributed by atoms with Crippen LogP contribution >= 0.6 is 0 Å². The Morgan fingerprint density at radius 1 is 1.70 bits per heavy atom. The second-order valence-corrected chi connectivity index (χ2v) is 2.40. The van der Waals surface area contributed by atoms with Crippen molar-refractivity contribution in [3.05, 3.63) is 12.2 Å². The van der Waals surface area contributed by atoms with Gasteiger partial charge in [-0.2, -0.15) is 0 Å². The molecule has 0 spiro atoms. The first kappa shape index (κ1) is 6.99. The highest BCUT2D eigenvalue weighted by molar-refractivity contribution is 5.96. The van der Waals surface area contributed by atoms with Crippen molar-refractivity contribution in [2.24, 2.45) is 5.92 Å². The van der Waals surface area contributed by atoms with Gasteiger partial charge in [0.05, 0.1) is 12.3 Å². The van der Waals surface area contributed by atoms with E-state index in [4.69, 9.17) is 0 Å². The van der Waals surface area contributed by atoms with Gasteiger partial charge in [-0.3, -0.25) is 9.59 Å². The topological polar surface area (TPSA) is 43.4 Å². The fraction of sp³-hybridized carbons (Fsp3) is 0.429. The Balaban J connectivity index is 2.72. The van der Waals surface area contributed by atoms with Gasteiger partial charge in [-0.1, -0.05) is 12.2 Å². The quantitative estimate of drug-likeness (QED) is 0.305. The van der Waals surface area contributed by atoms with Crippen molar-refractivity contribution >= 4 is 11.9 Å². The van der Waals surface area contributed by atoms with Crippen molar-refractivity contribution in [1.82, 2.24) is 0 Å². The van der Waals surface area contributed by atoms with E-state index in [9.17, 15) is 9.59 Å². The van der Waals surface area contributed by atoms with Gasteiger partial charge in [-0.15, -0.1) is 0 Å². The number of ether oxygens (including phenoxy) is 1. The molecule has 0 amide bonds. The molecule has 0 radical (unpaired) electrons. The summed E-state index contributed by atoms with van der Waals surface area (Å²) in [5.41, 5.74) is 0.691. The molecule has 1 aliphatic heterocycles. The Hall–Kier alpha value is -1.12. The summed E-state index contributed by atoms with van der Waals surface area (Å²) in [7, 11) is 0. The predicted octanol–water partition coefficient (Wildman–Crippen LogP) is 0.652. The third-order valence-corrected chi connectivity index (χ3v) is 1.46. The van der Waals surface area contributed by atoms with Crippen molar-refractivity contribution in [3.63, 3.8) is 0 Å². The van der Waals surface area contributed by atoms with Crippen molar-refractivity contribution in [3.8, 4) is 0 Å². The maximum atomic E-state index is 10.7. The molecule has 3 nitrogen and oxygen atoms in total. The van der Waals surface area contributed by atoms with Crippen LogP contribution in [0.5, 0.6) is 0 Å². The van der Waals surface area contributed by atoms with Crippen LogP contribution in [0.25, 0.3) is 0 Å². The molecule has 0 aromatic carbocycles. The zero-order valence-corrected chi connectivity index (χ0v) is 5.72. The molecule has 0 aliphatic carbocycles. The number of carbonyl (C=O) groups excluding carboxylic acids is 2. The smallest absolute Gasteiger partial charge is 0.321 e. The van der Waals surface area contributed by atoms with Gasteiger partial charge >= 0.3 is 11.9 Å². The lowest BCUT2D eigenvalue weighted by atomic mass is 10.0. The average Bonchev–Trinajstić information content (AvgIpc) is 2.10. The van der Waals surface area contributed by atoms with E-state index in [1.807, 2.05) is 0 Å². The summed E-state index contributed by atoms with van der Waals surface area (Å²) in [6, 6.07) is 0. The van der Waals surface area contributed by atoms with Gasteiger partial charge in [0.1, 0.15) is 0 Å². The van der Waals surface area contributed by atoms with Crippen LogP contribution < -0.4 is 0 Å². The van der Waals surface area contributed by atoms with Crippen LogP contribution in [0.4, 0.5) is 0 Å². The van der Waals surface area contributed by atoms with Crippen LogP contribution in [-0.2, 0) is 14.3 Å². The second kappa shape index (κ2) is 2.25. The molecule has 0 N–H and O–H groups in total. The number of cyclic esters (lactones) is 2. The standard InChI is InChI=1S/C7H8O3/c1-4(2)5-3-6(8)10-7(5)9/h5H,1,3H2,2H3. The summed E-state index contributed by atoms with van der Waals surface area (Å²) in [4.78, 5) is 21.2. The molecule has 0 saturated carbocycles. The minimum absolute atomic E-state index is 0.161. The number of rotatable bonds is 1. The number of carbonyl (C=O) groups is 2. The molecule has 10 heavy (non-hydrogen) atoms. The van der Waals surface area contributed by atoms with E-state index in [2.05, 4.69) is 11.3 Å². The summed E-state index contributed by atoms with van der Waals surface area (Å²) < 4.78 is 4.30.